The SMILES string of the molecule is O=C(CN1CCC(c2nc3ccccc3s2)CC1)NCc1ccccc1OC(F)(F)F. The van der Waals surface area contributed by atoms with Crippen molar-refractivity contribution in [3.8, 4) is 5.75 Å². The molecule has 1 aliphatic heterocycles. The summed E-state index contributed by atoms with van der Waals surface area (Å²) in [5, 5.41) is 3.84. The second kappa shape index (κ2) is 9.23. The van der Waals surface area contributed by atoms with Crippen LogP contribution < -0.4 is 10.1 Å². The van der Waals surface area contributed by atoms with Crippen molar-refractivity contribution < 1.29 is 22.7 Å². The number of para-hydroxylation sites is 2. The Hall–Kier alpha value is -2.65. The summed E-state index contributed by atoms with van der Waals surface area (Å²) in [6.07, 6.45) is -2.92. The number of ether oxygens (including phenoxy) is 1. The fourth-order valence-corrected chi connectivity index (χ4v) is 4.87. The van der Waals surface area contributed by atoms with Gasteiger partial charge in [0.2, 0.25) is 5.91 Å². The Balaban J connectivity index is 1.26. The minimum atomic E-state index is -4.77. The van der Waals surface area contributed by atoms with Crippen molar-refractivity contribution in [2.75, 3.05) is 19.6 Å². The van der Waals surface area contributed by atoms with Crippen LogP contribution >= 0.6 is 11.3 Å². The molecule has 1 fully saturated rings. The van der Waals surface area contributed by atoms with Crippen LogP contribution in [0.25, 0.3) is 10.2 Å². The Bertz CT molecular complexity index is 1010. The second-order valence-electron chi connectivity index (χ2n) is 7.50. The molecule has 0 atom stereocenters. The van der Waals surface area contributed by atoms with E-state index in [9.17, 15) is 18.0 Å². The molecule has 0 spiro atoms. The third-order valence-corrected chi connectivity index (χ3v) is 6.49. The van der Waals surface area contributed by atoms with Gasteiger partial charge in [-0.25, -0.2) is 4.98 Å². The maximum Gasteiger partial charge on any atom is 0.573 e. The van der Waals surface area contributed by atoms with E-state index in [2.05, 4.69) is 21.0 Å². The minimum absolute atomic E-state index is 0.0206. The average Bonchev–Trinajstić information content (AvgIpc) is 3.17. The van der Waals surface area contributed by atoms with Crippen molar-refractivity contribution in [1.82, 2.24) is 15.2 Å². The van der Waals surface area contributed by atoms with Gasteiger partial charge in [-0.1, -0.05) is 30.3 Å². The molecule has 1 aliphatic rings. The van der Waals surface area contributed by atoms with E-state index in [4.69, 9.17) is 4.98 Å². The van der Waals surface area contributed by atoms with Gasteiger partial charge < -0.3 is 10.1 Å². The molecule has 9 heteroatoms. The molecule has 164 valence electrons. The Labute approximate surface area is 181 Å². The van der Waals surface area contributed by atoms with Gasteiger partial charge in [0.05, 0.1) is 21.8 Å². The lowest BCUT2D eigenvalue weighted by molar-refractivity contribution is -0.274. The Kier molecular flexibility index (Phi) is 6.43. The van der Waals surface area contributed by atoms with Crippen molar-refractivity contribution in [2.45, 2.75) is 31.7 Å². The lowest BCUT2D eigenvalue weighted by atomic mass is 9.97. The molecule has 1 aromatic heterocycles. The fourth-order valence-electron chi connectivity index (χ4n) is 3.73. The number of nitrogens with one attached hydrogen (secondary N) is 1. The van der Waals surface area contributed by atoms with Crippen molar-refractivity contribution in [1.29, 1.82) is 0 Å². The molecular weight excluding hydrogens is 427 g/mol. The number of fused-ring (bicyclic) bond motifs is 1. The molecule has 2 heterocycles. The number of hydrogen-bond donors (Lipinski definition) is 1. The van der Waals surface area contributed by atoms with E-state index in [0.717, 1.165) is 36.5 Å². The first-order valence-corrected chi connectivity index (χ1v) is 10.9. The summed E-state index contributed by atoms with van der Waals surface area (Å²) >= 11 is 1.73. The predicted octanol–water partition coefficient (Wildman–Crippen LogP) is 4.69. The number of rotatable bonds is 6. The zero-order valence-electron chi connectivity index (χ0n) is 16.7. The molecule has 0 radical (unpaired) electrons. The van der Waals surface area contributed by atoms with E-state index in [1.54, 1.807) is 17.4 Å². The molecule has 1 N–H and O–H groups in total. The summed E-state index contributed by atoms with van der Waals surface area (Å²) < 4.78 is 42.8. The van der Waals surface area contributed by atoms with E-state index in [1.165, 1.54) is 22.9 Å². The zero-order chi connectivity index (χ0) is 21.8. The Morgan fingerprint density at radius 2 is 1.84 bits per heavy atom. The standard InChI is InChI=1S/C22H22F3N3O2S/c23-22(24,25)30-18-7-3-1-5-16(18)13-26-20(29)14-28-11-9-15(10-12-28)21-27-17-6-2-4-8-19(17)31-21/h1-8,15H,9-14H2,(H,26,29). The van der Waals surface area contributed by atoms with Crippen molar-refractivity contribution >= 4 is 27.5 Å². The highest BCUT2D eigenvalue weighted by atomic mass is 32.1. The highest BCUT2D eigenvalue weighted by Gasteiger charge is 2.32. The summed E-state index contributed by atoms with van der Waals surface area (Å²) in [5.41, 5.74) is 1.31. The molecule has 2 aromatic carbocycles. The minimum Gasteiger partial charge on any atom is -0.405 e. The predicted molar refractivity (Wildman–Crippen MR) is 113 cm³/mol. The first-order chi connectivity index (χ1) is 14.9. The largest absolute Gasteiger partial charge is 0.573 e. The third kappa shape index (κ3) is 5.74. The van der Waals surface area contributed by atoms with E-state index in [0.29, 0.717) is 5.92 Å². The third-order valence-electron chi connectivity index (χ3n) is 5.29. The summed E-state index contributed by atoms with van der Waals surface area (Å²) in [6.45, 7) is 1.76. The summed E-state index contributed by atoms with van der Waals surface area (Å²) in [5.74, 6) is -0.129. The fraction of sp³-hybridized carbons (Fsp3) is 0.364. The molecule has 1 saturated heterocycles. The van der Waals surface area contributed by atoms with Crippen molar-refractivity contribution in [3.05, 3.63) is 59.1 Å². The quantitative estimate of drug-likeness (QED) is 0.593. The van der Waals surface area contributed by atoms with Crippen LogP contribution in [0.15, 0.2) is 48.5 Å². The number of amides is 1. The summed E-state index contributed by atoms with van der Waals surface area (Å²) in [7, 11) is 0. The summed E-state index contributed by atoms with van der Waals surface area (Å²) in [6, 6.07) is 13.9. The normalized spacial score (nSPS) is 15.8. The van der Waals surface area contributed by atoms with Gasteiger partial charge in [-0.2, -0.15) is 0 Å². The van der Waals surface area contributed by atoms with Crippen LogP contribution in [0.1, 0.15) is 29.3 Å². The molecule has 0 bridgehead atoms. The van der Waals surface area contributed by atoms with Gasteiger partial charge in [0.15, 0.2) is 0 Å². The van der Waals surface area contributed by atoms with Crippen LogP contribution in [-0.4, -0.2) is 41.8 Å². The maximum atomic E-state index is 12.5. The number of benzene rings is 2. The number of halogens is 3. The lowest BCUT2D eigenvalue weighted by Crippen LogP contribution is -2.41. The van der Waals surface area contributed by atoms with E-state index in [1.807, 2.05) is 18.2 Å². The average molecular weight is 449 g/mol. The first-order valence-electron chi connectivity index (χ1n) is 10.1. The van der Waals surface area contributed by atoms with Gasteiger partial charge >= 0.3 is 6.36 Å². The van der Waals surface area contributed by atoms with Crippen LogP contribution in [0.2, 0.25) is 0 Å². The van der Waals surface area contributed by atoms with E-state index >= 15 is 0 Å². The molecule has 0 unspecified atom stereocenters. The molecular formula is C22H22F3N3O2S. The van der Waals surface area contributed by atoms with Gasteiger partial charge in [0, 0.05) is 18.0 Å². The molecule has 3 aromatic rings. The van der Waals surface area contributed by atoms with E-state index < -0.39 is 6.36 Å². The van der Waals surface area contributed by atoms with Crippen molar-refractivity contribution in [3.63, 3.8) is 0 Å². The lowest BCUT2D eigenvalue weighted by Gasteiger charge is -2.30. The number of hydrogen-bond acceptors (Lipinski definition) is 5. The monoisotopic (exact) mass is 449 g/mol. The highest BCUT2D eigenvalue weighted by Crippen LogP contribution is 2.33. The first kappa shape index (κ1) is 21.6. The zero-order valence-corrected chi connectivity index (χ0v) is 17.5. The number of piperidine rings is 1. The van der Waals surface area contributed by atoms with Gasteiger partial charge in [0.25, 0.3) is 0 Å². The summed E-state index contributed by atoms with van der Waals surface area (Å²) in [4.78, 5) is 19.1. The number of likely N-dealkylation sites (tertiary alicyclic amines) is 1. The number of nitrogens with zero attached hydrogens (tertiary/aromatic N) is 2. The molecule has 4 rings (SSSR count). The topological polar surface area (TPSA) is 54.5 Å². The van der Waals surface area contributed by atoms with Gasteiger partial charge in [0.1, 0.15) is 5.75 Å². The Morgan fingerprint density at radius 1 is 1.13 bits per heavy atom. The Morgan fingerprint density at radius 3 is 2.58 bits per heavy atom. The number of aromatic nitrogens is 1. The molecule has 5 nitrogen and oxygen atoms in total. The van der Waals surface area contributed by atoms with Crippen LogP contribution in [0.5, 0.6) is 5.75 Å². The number of thiazole rings is 1. The van der Waals surface area contributed by atoms with Crippen LogP contribution in [0.4, 0.5) is 13.2 Å². The van der Waals surface area contributed by atoms with Gasteiger partial charge in [-0.15, -0.1) is 24.5 Å². The van der Waals surface area contributed by atoms with Gasteiger partial charge in [-0.3, -0.25) is 9.69 Å². The maximum absolute atomic E-state index is 12.5. The van der Waals surface area contributed by atoms with Crippen LogP contribution in [-0.2, 0) is 11.3 Å². The van der Waals surface area contributed by atoms with Crippen molar-refractivity contribution in [2.24, 2.45) is 0 Å². The molecule has 0 aliphatic carbocycles. The number of alkyl halides is 3. The smallest absolute Gasteiger partial charge is 0.405 e. The molecule has 1 amide bonds. The number of carbonyl (C=O) groups is 1. The number of carbonyl (C=O) groups excluding carboxylic acids is 1. The second-order valence-corrected chi connectivity index (χ2v) is 8.56. The van der Waals surface area contributed by atoms with E-state index in [-0.39, 0.29) is 30.3 Å². The molecule has 0 saturated carbocycles. The molecule has 31 heavy (non-hydrogen) atoms. The van der Waals surface area contributed by atoms with Crippen LogP contribution in [0, 0.1) is 0 Å². The van der Waals surface area contributed by atoms with Gasteiger partial charge in [-0.05, 0) is 44.1 Å². The van der Waals surface area contributed by atoms with Crippen LogP contribution in [0.3, 0.4) is 0 Å². The highest BCUT2D eigenvalue weighted by molar-refractivity contribution is 7.18.